The molecule has 0 aromatic heterocycles. The molecule has 0 aliphatic heterocycles. The number of nitrogens with zero attached hydrogens (tertiary/aromatic N) is 2. The van der Waals surface area contributed by atoms with Crippen molar-refractivity contribution in [2.45, 2.75) is 6.42 Å². The third kappa shape index (κ3) is 6.98. The number of aliphatic imine (C=N–C) groups is 1. The van der Waals surface area contributed by atoms with E-state index in [1.165, 1.54) is 48.5 Å². The Morgan fingerprint density at radius 1 is 1.03 bits per heavy atom. The molecule has 0 aliphatic carbocycles. The second kappa shape index (κ2) is 9.88. The molecule has 0 aliphatic rings. The van der Waals surface area contributed by atoms with Crippen LogP contribution in [0.5, 0.6) is 5.75 Å². The molecule has 0 atom stereocenters. The fourth-order valence-electron chi connectivity index (χ4n) is 2.09. The molecule has 2 rings (SSSR count). The maximum Gasteiger partial charge on any atom is 0.343 e. The average molecular weight is 404 g/mol. The van der Waals surface area contributed by atoms with Gasteiger partial charge in [0.1, 0.15) is 5.75 Å². The zero-order valence-electron chi connectivity index (χ0n) is 21.1. The molecule has 0 spiro atoms. The van der Waals surface area contributed by atoms with Gasteiger partial charge in [-0.25, -0.2) is 9.79 Å². The monoisotopic (exact) mass is 404 g/mol. The highest BCUT2D eigenvalue weighted by molar-refractivity contribution is 5.91. The molecule has 2 aromatic carbocycles. The smallest absolute Gasteiger partial charge is 0.343 e. The van der Waals surface area contributed by atoms with Crippen molar-refractivity contribution in [3.05, 3.63) is 59.7 Å². The summed E-state index contributed by atoms with van der Waals surface area (Å²) in [5, 5.41) is 0. The number of ether oxygens (including phenoxy) is 2. The Morgan fingerprint density at radius 3 is 2.28 bits per heavy atom. The van der Waals surface area contributed by atoms with Crippen molar-refractivity contribution >= 4 is 29.5 Å². The van der Waals surface area contributed by atoms with Gasteiger partial charge in [-0.15, -0.1) is 0 Å². The number of rotatable bonds is 7. The van der Waals surface area contributed by atoms with E-state index in [0.717, 1.165) is 0 Å². The Bertz CT molecular complexity index is 1080. The number of carbonyl (C=O) groups is 3. The van der Waals surface area contributed by atoms with E-state index < -0.39 is 38.4 Å². The quantitative estimate of drug-likeness (QED) is 0.304. The van der Waals surface area contributed by atoms with E-state index in [9.17, 15) is 14.4 Å². The van der Waals surface area contributed by atoms with Crippen molar-refractivity contribution in [3.8, 4) is 5.75 Å². The van der Waals surface area contributed by atoms with Crippen LogP contribution in [0.25, 0.3) is 0 Å². The van der Waals surface area contributed by atoms with Gasteiger partial charge in [0, 0.05) is 22.2 Å². The number of nitrogens with two attached hydrogens (primary N) is 2. The molecule has 0 bridgehead atoms. The minimum absolute atomic E-state index is 0.121. The van der Waals surface area contributed by atoms with Crippen LogP contribution >= 0.6 is 0 Å². The van der Waals surface area contributed by atoms with Gasteiger partial charge in [0.15, 0.2) is 12.6 Å². The molecule has 2 aromatic rings. The van der Waals surface area contributed by atoms with Crippen molar-refractivity contribution in [2.75, 3.05) is 20.6 Å². The molecule has 9 heteroatoms. The molecule has 152 valence electrons. The third-order valence-electron chi connectivity index (χ3n) is 3.45. The summed E-state index contributed by atoms with van der Waals surface area (Å²) in [5.41, 5.74) is 11.7. The van der Waals surface area contributed by atoms with Crippen LogP contribution in [0.3, 0.4) is 0 Å². The van der Waals surface area contributed by atoms with E-state index in [2.05, 4.69) is 4.99 Å². The third-order valence-corrected chi connectivity index (χ3v) is 3.45. The van der Waals surface area contributed by atoms with Crippen molar-refractivity contribution in [1.82, 2.24) is 4.90 Å². The van der Waals surface area contributed by atoms with Gasteiger partial charge in [0.25, 0.3) is 5.91 Å². The molecule has 1 amide bonds. The molecule has 29 heavy (non-hydrogen) atoms. The Balaban J connectivity index is 1.91. The summed E-state index contributed by atoms with van der Waals surface area (Å²) in [5.74, 6) is -2.84. The van der Waals surface area contributed by atoms with Gasteiger partial charge >= 0.3 is 11.9 Å². The number of guanidine groups is 1. The fourth-order valence-corrected chi connectivity index (χ4v) is 2.09. The van der Waals surface area contributed by atoms with Crippen LogP contribution in [0, 0.1) is 0 Å². The average Bonchev–Trinajstić information content (AvgIpc) is 2.71. The summed E-state index contributed by atoms with van der Waals surface area (Å²) in [7, 11) is 0. The van der Waals surface area contributed by atoms with Gasteiger partial charge in [0.05, 0.1) is 17.7 Å². The largest absolute Gasteiger partial charge is 0.455 e. The van der Waals surface area contributed by atoms with Crippen LogP contribution in [0.1, 0.15) is 24.1 Å². The first-order chi connectivity index (χ1) is 16.2. The Kier molecular flexibility index (Phi) is 4.83. The highest BCUT2D eigenvalue weighted by Gasteiger charge is 2.11. The van der Waals surface area contributed by atoms with Gasteiger partial charge in [-0.1, -0.05) is 12.1 Å². The number of hydrogen-bond donors (Lipinski definition) is 2. The Morgan fingerprint density at radius 2 is 1.69 bits per heavy atom. The molecule has 0 fully saturated rings. The lowest BCUT2D eigenvalue weighted by molar-refractivity contribution is -0.150. The predicted molar refractivity (Wildman–Crippen MR) is 107 cm³/mol. The minimum atomic E-state index is -3.23. The minimum Gasteiger partial charge on any atom is -0.455 e. The first-order valence-corrected chi connectivity index (χ1v) is 8.16. The van der Waals surface area contributed by atoms with Crippen LogP contribution in [-0.4, -0.2) is 49.3 Å². The molecule has 4 N–H and O–H groups in total. The van der Waals surface area contributed by atoms with Crippen molar-refractivity contribution < 1.29 is 32.1 Å². The fraction of sp³-hybridized carbons (Fsp3) is 0.200. The molecular weight excluding hydrogens is 376 g/mol. The van der Waals surface area contributed by atoms with Gasteiger partial charge < -0.3 is 25.8 Å². The maximum atomic E-state index is 12.3. The number of carbonyl (C=O) groups excluding carboxylic acids is 3. The van der Waals surface area contributed by atoms with Gasteiger partial charge in [-0.05, 0) is 42.0 Å². The van der Waals surface area contributed by atoms with Gasteiger partial charge in [-0.2, -0.15) is 0 Å². The molecular formula is C20H22N4O5. The number of esters is 2. The zero-order valence-corrected chi connectivity index (χ0v) is 15.1. The highest BCUT2D eigenvalue weighted by Crippen LogP contribution is 2.17. The van der Waals surface area contributed by atoms with E-state index in [0.29, 0.717) is 11.3 Å². The van der Waals surface area contributed by atoms with Crippen LogP contribution < -0.4 is 16.2 Å². The lowest BCUT2D eigenvalue weighted by Crippen LogP contribution is -2.27. The number of hydrogen-bond acceptors (Lipinski definition) is 6. The molecule has 0 saturated carbocycles. The van der Waals surface area contributed by atoms with E-state index >= 15 is 0 Å². The second-order valence-electron chi connectivity index (χ2n) is 5.68. The number of likely N-dealkylation sites (N-methyl/N-ethyl adjacent to an activating group) is 1. The summed E-state index contributed by atoms with van der Waals surface area (Å²) in [4.78, 5) is 39.8. The highest BCUT2D eigenvalue weighted by atomic mass is 16.5. The van der Waals surface area contributed by atoms with E-state index in [4.69, 9.17) is 29.2 Å². The Hall–Kier alpha value is -3.88. The molecule has 0 radical (unpaired) electrons. The summed E-state index contributed by atoms with van der Waals surface area (Å²) < 4.78 is 53.1. The van der Waals surface area contributed by atoms with E-state index in [-0.39, 0.29) is 28.6 Å². The van der Waals surface area contributed by atoms with Gasteiger partial charge in [-0.3, -0.25) is 9.59 Å². The predicted octanol–water partition coefficient (Wildman–Crippen LogP) is 0.985. The van der Waals surface area contributed by atoms with E-state index in [1.54, 1.807) is 0 Å². The lowest BCUT2D eigenvalue weighted by atomic mass is 10.1. The zero-order chi connectivity index (χ0) is 26.4. The van der Waals surface area contributed by atoms with Crippen molar-refractivity contribution in [1.29, 1.82) is 0 Å². The van der Waals surface area contributed by atoms with Gasteiger partial charge in [0.2, 0.25) is 0 Å². The normalized spacial score (nSPS) is 13.9. The molecule has 0 heterocycles. The van der Waals surface area contributed by atoms with Crippen LogP contribution in [0.15, 0.2) is 53.5 Å². The van der Waals surface area contributed by atoms with E-state index in [1.807, 2.05) is 0 Å². The van der Waals surface area contributed by atoms with Crippen LogP contribution in [-0.2, 0) is 20.7 Å². The van der Waals surface area contributed by atoms with Crippen LogP contribution in [0.2, 0.25) is 0 Å². The molecule has 0 saturated heterocycles. The topological polar surface area (TPSA) is 137 Å². The summed E-state index contributed by atoms with van der Waals surface area (Å²) in [6.45, 7) is -7.50. The first kappa shape index (κ1) is 14.2. The lowest BCUT2D eigenvalue weighted by Gasteiger charge is -2.10. The number of benzene rings is 2. The summed E-state index contributed by atoms with van der Waals surface area (Å²) in [6, 6.07) is 11.9. The molecule has 9 nitrogen and oxygen atoms in total. The summed E-state index contributed by atoms with van der Waals surface area (Å²) in [6.07, 6.45) is -0.296. The van der Waals surface area contributed by atoms with Crippen molar-refractivity contribution in [2.24, 2.45) is 16.5 Å². The number of amides is 1. The summed E-state index contributed by atoms with van der Waals surface area (Å²) >= 11 is 0. The Labute approximate surface area is 176 Å². The first-order valence-electron chi connectivity index (χ1n) is 11.2. The SMILES string of the molecule is [2H]C([2H])([2H])N(C(=O)COC(=O)Cc1ccc(OC(=O)c2ccc(N=C(N)N)cc2)cc1)C([2H])([2H])[2H]. The second-order valence-corrected chi connectivity index (χ2v) is 5.68. The standard InChI is InChI=1S/C20H22N4O5/c1-24(2)17(25)12-28-18(26)11-13-3-9-16(10-4-13)29-19(27)14-5-7-15(8-6-14)23-20(21)22/h3-10H,11-12H2,1-2H3,(H4,21,22,23)/i1D3,2D3. The molecule has 0 unspecified atom stereocenters. The van der Waals surface area contributed by atoms with Crippen LogP contribution in [0.4, 0.5) is 5.69 Å². The van der Waals surface area contributed by atoms with Crippen molar-refractivity contribution in [3.63, 3.8) is 0 Å². The maximum absolute atomic E-state index is 12.3.